The van der Waals surface area contributed by atoms with Crippen LogP contribution in [-0.2, 0) is 0 Å². The summed E-state index contributed by atoms with van der Waals surface area (Å²) < 4.78 is 5.19. The number of halogens is 1. The molecule has 0 amide bonds. The molecule has 1 aromatic rings. The lowest BCUT2D eigenvalue weighted by molar-refractivity contribution is 0.557. The van der Waals surface area contributed by atoms with Gasteiger partial charge in [-0.25, -0.2) is 0 Å². The van der Waals surface area contributed by atoms with Gasteiger partial charge in [0.25, 0.3) is 0 Å². The van der Waals surface area contributed by atoms with E-state index in [0.29, 0.717) is 11.3 Å². The Morgan fingerprint density at radius 2 is 2.36 bits per heavy atom. The maximum absolute atomic E-state index is 5.64. The molecule has 78 valence electrons. The molecule has 0 saturated heterocycles. The molecule has 0 aromatic carbocycles. The Labute approximate surface area is 89.9 Å². The number of hydrogen-bond donors (Lipinski definition) is 1. The van der Waals surface area contributed by atoms with Crippen LogP contribution in [0.1, 0.15) is 26.0 Å². The van der Waals surface area contributed by atoms with Crippen molar-refractivity contribution in [3.8, 4) is 0 Å². The monoisotopic (exact) mass is 213 g/mol. The molecule has 0 aliphatic heterocycles. The van der Waals surface area contributed by atoms with Crippen LogP contribution in [0.5, 0.6) is 0 Å². The molecular weight excluding hydrogens is 198 g/mol. The van der Waals surface area contributed by atoms with E-state index in [1.54, 1.807) is 6.07 Å². The van der Waals surface area contributed by atoms with Gasteiger partial charge in [-0.2, -0.15) is 0 Å². The Morgan fingerprint density at radius 3 is 2.93 bits per heavy atom. The lowest BCUT2D eigenvalue weighted by atomic mass is 10.2. The molecule has 1 unspecified atom stereocenters. The predicted molar refractivity (Wildman–Crippen MR) is 60.5 cm³/mol. The lowest BCUT2D eigenvalue weighted by Gasteiger charge is -2.06. The highest BCUT2D eigenvalue weighted by molar-refractivity contribution is 6.28. The van der Waals surface area contributed by atoms with Crippen molar-refractivity contribution in [1.29, 1.82) is 0 Å². The van der Waals surface area contributed by atoms with Crippen molar-refractivity contribution in [3.05, 3.63) is 29.2 Å². The molecule has 1 heterocycles. The zero-order chi connectivity index (χ0) is 10.4. The first kappa shape index (κ1) is 11.3. The summed E-state index contributed by atoms with van der Waals surface area (Å²) in [6.45, 7) is 5.29. The smallest absolute Gasteiger partial charge is 0.193 e. The van der Waals surface area contributed by atoms with Crippen molar-refractivity contribution in [1.82, 2.24) is 5.32 Å². The fourth-order valence-corrected chi connectivity index (χ4v) is 1.25. The topological polar surface area (TPSA) is 25.2 Å². The van der Waals surface area contributed by atoms with Crippen molar-refractivity contribution < 1.29 is 4.42 Å². The molecule has 14 heavy (non-hydrogen) atoms. The van der Waals surface area contributed by atoms with E-state index in [0.717, 1.165) is 18.7 Å². The van der Waals surface area contributed by atoms with Crippen molar-refractivity contribution in [2.75, 3.05) is 6.54 Å². The van der Waals surface area contributed by atoms with Crippen LogP contribution in [0.15, 0.2) is 22.6 Å². The predicted octanol–water partition coefficient (Wildman–Crippen LogP) is 3.33. The highest BCUT2D eigenvalue weighted by Gasteiger charge is 1.96. The third-order valence-corrected chi connectivity index (χ3v) is 2.06. The van der Waals surface area contributed by atoms with Crippen LogP contribution < -0.4 is 5.32 Å². The molecule has 1 rings (SSSR count). The van der Waals surface area contributed by atoms with Gasteiger partial charge in [-0.3, -0.25) is 0 Å². The molecule has 2 nitrogen and oxygen atoms in total. The van der Waals surface area contributed by atoms with Gasteiger partial charge in [-0.1, -0.05) is 13.0 Å². The van der Waals surface area contributed by atoms with E-state index in [9.17, 15) is 0 Å². The normalized spacial score (nSPS) is 13.6. The standard InChI is InChI=1S/C11H16ClNO/c1-3-8-13-9(2)4-5-10-6-7-11(12)14-10/h4-7,9,13H,3,8H2,1-2H3/b5-4+. The average Bonchev–Trinajstić information content (AvgIpc) is 2.58. The fourth-order valence-electron chi connectivity index (χ4n) is 1.10. The summed E-state index contributed by atoms with van der Waals surface area (Å²) in [5, 5.41) is 3.78. The zero-order valence-corrected chi connectivity index (χ0v) is 9.34. The van der Waals surface area contributed by atoms with Crippen molar-refractivity contribution >= 4 is 17.7 Å². The van der Waals surface area contributed by atoms with E-state index in [4.69, 9.17) is 16.0 Å². The lowest BCUT2D eigenvalue weighted by Crippen LogP contribution is -2.24. The van der Waals surface area contributed by atoms with Gasteiger partial charge in [0.2, 0.25) is 0 Å². The molecule has 3 heteroatoms. The first-order valence-corrected chi connectivity index (χ1v) is 5.27. The third kappa shape index (κ3) is 3.99. The molecule has 0 spiro atoms. The van der Waals surface area contributed by atoms with Crippen molar-refractivity contribution in [2.24, 2.45) is 0 Å². The molecule has 0 bridgehead atoms. The zero-order valence-electron chi connectivity index (χ0n) is 8.59. The third-order valence-electron chi connectivity index (χ3n) is 1.86. The van der Waals surface area contributed by atoms with Gasteiger partial charge in [0.05, 0.1) is 0 Å². The Kier molecular flexibility index (Phi) is 4.77. The molecule has 0 aliphatic rings. The van der Waals surface area contributed by atoms with Gasteiger partial charge in [-0.15, -0.1) is 0 Å². The molecule has 1 aromatic heterocycles. The Hall–Kier alpha value is -0.730. The van der Waals surface area contributed by atoms with Gasteiger partial charge in [0.15, 0.2) is 5.22 Å². The minimum atomic E-state index is 0.360. The first-order chi connectivity index (χ1) is 6.72. The summed E-state index contributed by atoms with van der Waals surface area (Å²) in [6, 6.07) is 3.95. The Bertz CT molecular complexity index is 293. The minimum Gasteiger partial charge on any atom is -0.445 e. The number of hydrogen-bond acceptors (Lipinski definition) is 2. The van der Waals surface area contributed by atoms with Crippen LogP contribution in [0.4, 0.5) is 0 Å². The van der Waals surface area contributed by atoms with Crippen LogP contribution in [-0.4, -0.2) is 12.6 Å². The Balaban J connectivity index is 2.39. The maximum atomic E-state index is 5.64. The maximum Gasteiger partial charge on any atom is 0.193 e. The van der Waals surface area contributed by atoms with E-state index < -0.39 is 0 Å². The quantitative estimate of drug-likeness (QED) is 0.812. The second-order valence-corrected chi connectivity index (χ2v) is 3.62. The van der Waals surface area contributed by atoms with E-state index in [1.807, 2.05) is 12.1 Å². The average molecular weight is 214 g/mol. The summed E-state index contributed by atoms with van der Waals surface area (Å²) in [6.07, 6.45) is 5.13. The van der Waals surface area contributed by atoms with Crippen molar-refractivity contribution in [2.45, 2.75) is 26.3 Å². The number of nitrogens with one attached hydrogen (secondary N) is 1. The molecule has 1 N–H and O–H groups in total. The first-order valence-electron chi connectivity index (χ1n) is 4.89. The number of furan rings is 1. The summed E-state index contributed by atoms with van der Waals surface area (Å²) in [5.74, 6) is 0.792. The van der Waals surface area contributed by atoms with E-state index in [2.05, 4.69) is 25.2 Å². The van der Waals surface area contributed by atoms with Crippen LogP contribution in [0, 0.1) is 0 Å². The van der Waals surface area contributed by atoms with Crippen molar-refractivity contribution in [3.63, 3.8) is 0 Å². The fraction of sp³-hybridized carbons (Fsp3) is 0.455. The highest BCUT2D eigenvalue weighted by Crippen LogP contribution is 2.14. The van der Waals surface area contributed by atoms with Gasteiger partial charge < -0.3 is 9.73 Å². The largest absolute Gasteiger partial charge is 0.445 e. The molecule has 0 saturated carbocycles. The molecular formula is C11H16ClNO. The second kappa shape index (κ2) is 5.89. The van der Waals surface area contributed by atoms with Gasteiger partial charge in [-0.05, 0) is 49.7 Å². The second-order valence-electron chi connectivity index (χ2n) is 3.24. The van der Waals surface area contributed by atoms with Crippen LogP contribution in [0.3, 0.4) is 0 Å². The molecule has 1 atom stereocenters. The molecule has 0 fully saturated rings. The van der Waals surface area contributed by atoms with Gasteiger partial charge in [0, 0.05) is 6.04 Å². The minimum absolute atomic E-state index is 0.360. The van der Waals surface area contributed by atoms with Gasteiger partial charge >= 0.3 is 0 Å². The van der Waals surface area contributed by atoms with E-state index >= 15 is 0 Å². The van der Waals surface area contributed by atoms with E-state index in [1.165, 1.54) is 0 Å². The van der Waals surface area contributed by atoms with Gasteiger partial charge in [0.1, 0.15) is 5.76 Å². The van der Waals surface area contributed by atoms with Crippen LogP contribution in [0.25, 0.3) is 6.08 Å². The molecule has 0 radical (unpaired) electrons. The summed E-state index contributed by atoms with van der Waals surface area (Å²) in [7, 11) is 0. The Morgan fingerprint density at radius 1 is 1.57 bits per heavy atom. The number of rotatable bonds is 5. The molecule has 0 aliphatic carbocycles. The van der Waals surface area contributed by atoms with E-state index in [-0.39, 0.29) is 0 Å². The highest BCUT2D eigenvalue weighted by atomic mass is 35.5. The summed E-state index contributed by atoms with van der Waals surface area (Å²) >= 11 is 5.64. The SMILES string of the molecule is CCCNC(C)/C=C/c1ccc(Cl)o1. The van der Waals surface area contributed by atoms with Crippen LogP contribution >= 0.6 is 11.6 Å². The summed E-state index contributed by atoms with van der Waals surface area (Å²) in [4.78, 5) is 0. The van der Waals surface area contributed by atoms with Crippen LogP contribution in [0.2, 0.25) is 5.22 Å². The summed E-state index contributed by atoms with van der Waals surface area (Å²) in [5.41, 5.74) is 0.